The Labute approximate surface area is 124 Å². The zero-order chi connectivity index (χ0) is 15.4. The van der Waals surface area contributed by atoms with Crippen molar-refractivity contribution in [3.05, 3.63) is 51.4 Å². The lowest BCUT2D eigenvalue weighted by Crippen LogP contribution is -2.21. The van der Waals surface area contributed by atoms with Crippen molar-refractivity contribution in [2.45, 2.75) is 13.2 Å². The first kappa shape index (κ1) is 15.2. The molecule has 8 heteroatoms. The van der Waals surface area contributed by atoms with E-state index in [4.69, 9.17) is 11.6 Å². The Morgan fingerprint density at radius 3 is 2.95 bits per heavy atom. The SMILES string of the molecule is Cn1ncc(NCc2cccc(OC(F)F)c2)c(Cl)c1=O. The molecule has 1 heterocycles. The third kappa shape index (κ3) is 3.91. The van der Waals surface area contributed by atoms with Crippen molar-refractivity contribution >= 4 is 17.3 Å². The zero-order valence-corrected chi connectivity index (χ0v) is 11.8. The molecule has 0 amide bonds. The number of hydrogen-bond donors (Lipinski definition) is 1. The number of benzene rings is 1. The maximum absolute atomic E-state index is 12.1. The first-order chi connectivity index (χ1) is 9.97. The summed E-state index contributed by atoms with van der Waals surface area (Å²) in [5, 5.41) is 6.79. The molecule has 2 rings (SSSR count). The van der Waals surface area contributed by atoms with Crippen molar-refractivity contribution in [3.8, 4) is 5.75 Å². The molecule has 0 radical (unpaired) electrons. The van der Waals surface area contributed by atoms with E-state index in [0.717, 1.165) is 4.68 Å². The number of aromatic nitrogens is 2. The summed E-state index contributed by atoms with van der Waals surface area (Å²) in [7, 11) is 1.49. The van der Waals surface area contributed by atoms with Gasteiger partial charge in [0.2, 0.25) is 0 Å². The lowest BCUT2D eigenvalue weighted by molar-refractivity contribution is -0.0498. The minimum Gasteiger partial charge on any atom is -0.435 e. The van der Waals surface area contributed by atoms with E-state index in [1.165, 1.54) is 25.4 Å². The lowest BCUT2D eigenvalue weighted by atomic mass is 10.2. The highest BCUT2D eigenvalue weighted by molar-refractivity contribution is 6.32. The predicted octanol–water partition coefficient (Wildman–Crippen LogP) is 2.65. The molecule has 0 atom stereocenters. The van der Waals surface area contributed by atoms with E-state index in [1.54, 1.807) is 12.1 Å². The maximum atomic E-state index is 12.1. The number of hydrogen-bond acceptors (Lipinski definition) is 4. The van der Waals surface area contributed by atoms with Crippen molar-refractivity contribution in [2.75, 3.05) is 5.32 Å². The maximum Gasteiger partial charge on any atom is 0.387 e. The van der Waals surface area contributed by atoms with Crippen molar-refractivity contribution in [2.24, 2.45) is 7.05 Å². The molecule has 0 aliphatic carbocycles. The number of nitrogens with zero attached hydrogens (tertiary/aromatic N) is 2. The summed E-state index contributed by atoms with van der Waals surface area (Å²) in [6.07, 6.45) is 1.42. The topological polar surface area (TPSA) is 56.1 Å². The Morgan fingerprint density at radius 2 is 2.24 bits per heavy atom. The summed E-state index contributed by atoms with van der Waals surface area (Å²) in [5.41, 5.74) is 0.654. The van der Waals surface area contributed by atoms with Crippen LogP contribution in [0.4, 0.5) is 14.5 Å². The molecule has 0 saturated heterocycles. The summed E-state index contributed by atoms with van der Waals surface area (Å²) in [6, 6.07) is 6.23. The van der Waals surface area contributed by atoms with E-state index in [2.05, 4.69) is 15.2 Å². The van der Waals surface area contributed by atoms with Crippen LogP contribution >= 0.6 is 11.6 Å². The molecule has 0 spiro atoms. The smallest absolute Gasteiger partial charge is 0.387 e. The van der Waals surface area contributed by atoms with Gasteiger partial charge in [-0.05, 0) is 17.7 Å². The molecule has 5 nitrogen and oxygen atoms in total. The number of rotatable bonds is 5. The number of aryl methyl sites for hydroxylation is 1. The predicted molar refractivity (Wildman–Crippen MR) is 74.9 cm³/mol. The van der Waals surface area contributed by atoms with E-state index in [0.29, 0.717) is 11.3 Å². The van der Waals surface area contributed by atoms with Crippen LogP contribution in [0.3, 0.4) is 0 Å². The number of anilines is 1. The van der Waals surface area contributed by atoms with Crippen LogP contribution in [0.1, 0.15) is 5.56 Å². The van der Waals surface area contributed by atoms with Gasteiger partial charge in [0.1, 0.15) is 10.8 Å². The standard InChI is InChI=1S/C13H12ClF2N3O2/c1-19-12(20)11(14)10(7-18-19)17-6-8-3-2-4-9(5-8)21-13(15)16/h2-5,7,13,17H,6H2,1H3. The van der Waals surface area contributed by atoms with Crippen LogP contribution in [0.2, 0.25) is 5.02 Å². The van der Waals surface area contributed by atoms with Gasteiger partial charge in [0.25, 0.3) is 5.56 Å². The van der Waals surface area contributed by atoms with Gasteiger partial charge in [-0.25, -0.2) is 4.68 Å². The average molecular weight is 316 g/mol. The Kier molecular flexibility index (Phi) is 4.74. The van der Waals surface area contributed by atoms with Crippen molar-refractivity contribution in [1.82, 2.24) is 9.78 Å². The van der Waals surface area contributed by atoms with Gasteiger partial charge in [-0.2, -0.15) is 13.9 Å². The van der Waals surface area contributed by atoms with E-state index in [-0.39, 0.29) is 17.3 Å². The van der Waals surface area contributed by atoms with Crippen molar-refractivity contribution < 1.29 is 13.5 Å². The minimum absolute atomic E-state index is 0.0208. The molecular weight excluding hydrogens is 304 g/mol. The van der Waals surface area contributed by atoms with Gasteiger partial charge >= 0.3 is 6.61 Å². The van der Waals surface area contributed by atoms with Gasteiger partial charge in [0, 0.05) is 13.6 Å². The highest BCUT2D eigenvalue weighted by atomic mass is 35.5. The van der Waals surface area contributed by atoms with Crippen LogP contribution in [-0.2, 0) is 13.6 Å². The summed E-state index contributed by atoms with van der Waals surface area (Å²) < 4.78 is 29.7. The first-order valence-electron chi connectivity index (χ1n) is 5.97. The Hall–Kier alpha value is -2.15. The molecular formula is C13H12ClF2N3O2. The number of halogens is 3. The van der Waals surface area contributed by atoms with Crippen molar-refractivity contribution in [3.63, 3.8) is 0 Å². The highest BCUT2D eigenvalue weighted by Crippen LogP contribution is 2.19. The molecule has 2 aromatic rings. The summed E-state index contributed by atoms with van der Waals surface area (Å²) >= 11 is 5.91. The molecule has 1 aromatic heterocycles. The molecule has 0 bridgehead atoms. The lowest BCUT2D eigenvalue weighted by Gasteiger charge is -2.10. The van der Waals surface area contributed by atoms with Crippen molar-refractivity contribution in [1.29, 1.82) is 0 Å². The number of nitrogens with one attached hydrogen (secondary N) is 1. The fourth-order valence-electron chi connectivity index (χ4n) is 1.66. The molecule has 1 N–H and O–H groups in total. The van der Waals surface area contributed by atoms with E-state index in [9.17, 15) is 13.6 Å². The zero-order valence-electron chi connectivity index (χ0n) is 11.0. The third-order valence-electron chi connectivity index (χ3n) is 2.68. The second-order valence-corrected chi connectivity index (χ2v) is 4.56. The van der Waals surface area contributed by atoms with Crippen LogP contribution in [0.15, 0.2) is 35.3 Å². The van der Waals surface area contributed by atoms with Crippen LogP contribution in [0, 0.1) is 0 Å². The summed E-state index contributed by atoms with van der Waals surface area (Å²) in [4.78, 5) is 11.6. The van der Waals surface area contributed by atoms with Crippen LogP contribution in [0.25, 0.3) is 0 Å². The Morgan fingerprint density at radius 1 is 1.48 bits per heavy atom. The van der Waals surface area contributed by atoms with Gasteiger partial charge in [-0.15, -0.1) is 0 Å². The van der Waals surface area contributed by atoms with Crippen LogP contribution in [-0.4, -0.2) is 16.4 Å². The normalized spacial score (nSPS) is 10.7. The van der Waals surface area contributed by atoms with E-state index < -0.39 is 12.2 Å². The first-order valence-corrected chi connectivity index (χ1v) is 6.34. The van der Waals surface area contributed by atoms with Gasteiger partial charge in [0.15, 0.2) is 0 Å². The molecule has 0 fully saturated rings. The molecule has 1 aromatic carbocycles. The Bertz CT molecular complexity index is 691. The minimum atomic E-state index is -2.87. The van der Waals surface area contributed by atoms with Crippen LogP contribution < -0.4 is 15.6 Å². The number of ether oxygens (including phenoxy) is 1. The van der Waals surface area contributed by atoms with Gasteiger partial charge in [-0.3, -0.25) is 4.79 Å². The summed E-state index contributed by atoms with van der Waals surface area (Å²) in [5.74, 6) is 0.0671. The molecule has 0 saturated carbocycles. The quantitative estimate of drug-likeness (QED) is 0.921. The average Bonchev–Trinajstić information content (AvgIpc) is 2.44. The van der Waals surface area contributed by atoms with Crippen LogP contribution in [0.5, 0.6) is 5.75 Å². The summed E-state index contributed by atoms with van der Waals surface area (Å²) in [6.45, 7) is -2.58. The fourth-order valence-corrected chi connectivity index (χ4v) is 1.90. The van der Waals surface area contributed by atoms with E-state index in [1.807, 2.05) is 0 Å². The molecule has 112 valence electrons. The van der Waals surface area contributed by atoms with Gasteiger partial charge in [-0.1, -0.05) is 23.7 Å². The number of alkyl halides is 2. The monoisotopic (exact) mass is 315 g/mol. The molecule has 21 heavy (non-hydrogen) atoms. The second-order valence-electron chi connectivity index (χ2n) is 4.18. The fraction of sp³-hybridized carbons (Fsp3) is 0.231. The highest BCUT2D eigenvalue weighted by Gasteiger charge is 2.08. The third-order valence-corrected chi connectivity index (χ3v) is 3.05. The Balaban J connectivity index is 2.10. The second kappa shape index (κ2) is 6.53. The van der Waals surface area contributed by atoms with Gasteiger partial charge < -0.3 is 10.1 Å². The largest absolute Gasteiger partial charge is 0.435 e. The van der Waals surface area contributed by atoms with E-state index >= 15 is 0 Å². The molecule has 0 unspecified atom stereocenters. The van der Waals surface area contributed by atoms with Gasteiger partial charge in [0.05, 0.1) is 11.9 Å². The molecule has 0 aliphatic heterocycles. The molecule has 0 aliphatic rings.